The van der Waals surface area contributed by atoms with Gasteiger partial charge in [0.2, 0.25) is 0 Å². The molecule has 2 saturated heterocycles. The number of hydrogen-bond acceptors (Lipinski definition) is 8. The van der Waals surface area contributed by atoms with Gasteiger partial charge in [0.25, 0.3) is 0 Å². The van der Waals surface area contributed by atoms with Crippen molar-refractivity contribution in [1.29, 1.82) is 0 Å². The van der Waals surface area contributed by atoms with Crippen LogP contribution in [0, 0.1) is 0 Å². The summed E-state index contributed by atoms with van der Waals surface area (Å²) in [4.78, 5) is 20.5. The summed E-state index contributed by atoms with van der Waals surface area (Å²) in [5.41, 5.74) is 3.09. The molecule has 0 N–H and O–H groups in total. The molecule has 4 heterocycles. The molecule has 0 spiro atoms. The minimum absolute atomic E-state index is 0.772. The molecule has 2 aromatic rings. The Bertz CT molecular complexity index is 661. The molecule has 25 heavy (non-hydrogen) atoms. The first-order valence-electron chi connectivity index (χ1n) is 8.87. The molecule has 0 unspecified atom stereocenters. The SMILES string of the molecule is c1nc(N2CCOCC2)cc(N2CCCN(Cc3cscn3)CC2)n1. The van der Waals surface area contributed by atoms with Crippen molar-refractivity contribution in [3.05, 3.63) is 29.0 Å². The fourth-order valence-corrected chi connectivity index (χ4v) is 3.93. The Balaban J connectivity index is 1.40. The zero-order valence-corrected chi connectivity index (χ0v) is 15.2. The van der Waals surface area contributed by atoms with Crippen LogP contribution < -0.4 is 9.80 Å². The maximum Gasteiger partial charge on any atom is 0.134 e. The van der Waals surface area contributed by atoms with Crippen molar-refractivity contribution in [2.75, 3.05) is 62.3 Å². The summed E-state index contributed by atoms with van der Waals surface area (Å²) in [7, 11) is 0. The van der Waals surface area contributed by atoms with E-state index in [2.05, 4.69) is 41.1 Å². The van der Waals surface area contributed by atoms with Gasteiger partial charge in [-0.1, -0.05) is 0 Å². The van der Waals surface area contributed by atoms with E-state index < -0.39 is 0 Å². The van der Waals surface area contributed by atoms with Crippen LogP contribution in [0.3, 0.4) is 0 Å². The van der Waals surface area contributed by atoms with Gasteiger partial charge in [0.05, 0.1) is 24.4 Å². The molecule has 0 bridgehead atoms. The Morgan fingerprint density at radius 2 is 1.72 bits per heavy atom. The van der Waals surface area contributed by atoms with Gasteiger partial charge in [0.15, 0.2) is 0 Å². The van der Waals surface area contributed by atoms with Crippen LogP contribution in [0.25, 0.3) is 0 Å². The first-order valence-corrected chi connectivity index (χ1v) is 9.82. The van der Waals surface area contributed by atoms with E-state index in [1.54, 1.807) is 17.7 Å². The highest BCUT2D eigenvalue weighted by Crippen LogP contribution is 2.20. The summed E-state index contributed by atoms with van der Waals surface area (Å²) >= 11 is 1.67. The van der Waals surface area contributed by atoms with E-state index in [0.29, 0.717) is 0 Å². The number of rotatable bonds is 4. The highest BCUT2D eigenvalue weighted by molar-refractivity contribution is 7.07. The second-order valence-electron chi connectivity index (χ2n) is 6.43. The van der Waals surface area contributed by atoms with Crippen LogP contribution in [-0.2, 0) is 11.3 Å². The zero-order valence-electron chi connectivity index (χ0n) is 14.4. The van der Waals surface area contributed by atoms with Crippen LogP contribution in [0.2, 0.25) is 0 Å². The van der Waals surface area contributed by atoms with E-state index >= 15 is 0 Å². The molecule has 0 aliphatic carbocycles. The van der Waals surface area contributed by atoms with Crippen molar-refractivity contribution in [1.82, 2.24) is 19.9 Å². The van der Waals surface area contributed by atoms with E-state index in [1.807, 2.05) is 5.51 Å². The molecule has 7 nitrogen and oxygen atoms in total. The molecule has 4 rings (SSSR count). The number of hydrogen-bond donors (Lipinski definition) is 0. The standard InChI is InChI=1S/C17H24N6OS/c1-2-21(11-15-12-25-14-20-15)4-5-22(3-1)16-10-17(19-13-18-16)23-6-8-24-9-7-23/h10,12-14H,1-9,11H2. The fourth-order valence-electron chi connectivity index (χ4n) is 3.38. The molecule has 0 amide bonds. The summed E-state index contributed by atoms with van der Waals surface area (Å²) < 4.78 is 5.43. The van der Waals surface area contributed by atoms with Crippen LogP contribution in [0.5, 0.6) is 0 Å². The van der Waals surface area contributed by atoms with Crippen LogP contribution in [0.15, 0.2) is 23.3 Å². The lowest BCUT2D eigenvalue weighted by Crippen LogP contribution is -2.37. The van der Waals surface area contributed by atoms with E-state index in [-0.39, 0.29) is 0 Å². The van der Waals surface area contributed by atoms with Gasteiger partial charge in [0, 0.05) is 57.3 Å². The fraction of sp³-hybridized carbons (Fsp3) is 0.588. The van der Waals surface area contributed by atoms with Crippen molar-refractivity contribution >= 4 is 23.0 Å². The van der Waals surface area contributed by atoms with Crippen LogP contribution >= 0.6 is 11.3 Å². The molecule has 2 fully saturated rings. The topological polar surface area (TPSA) is 57.6 Å². The smallest absolute Gasteiger partial charge is 0.134 e. The monoisotopic (exact) mass is 360 g/mol. The summed E-state index contributed by atoms with van der Waals surface area (Å²) in [5.74, 6) is 2.05. The minimum atomic E-state index is 0.772. The molecule has 0 atom stereocenters. The van der Waals surface area contributed by atoms with Gasteiger partial charge in [0.1, 0.15) is 18.0 Å². The van der Waals surface area contributed by atoms with Gasteiger partial charge in [-0.3, -0.25) is 4.90 Å². The second-order valence-corrected chi connectivity index (χ2v) is 7.15. The summed E-state index contributed by atoms with van der Waals surface area (Å²) in [5, 5.41) is 2.14. The van der Waals surface area contributed by atoms with Crippen LogP contribution in [-0.4, -0.2) is 72.3 Å². The van der Waals surface area contributed by atoms with Crippen LogP contribution in [0.1, 0.15) is 12.1 Å². The summed E-state index contributed by atoms with van der Waals surface area (Å²) in [6, 6.07) is 2.13. The number of morpholine rings is 1. The number of aromatic nitrogens is 3. The van der Waals surface area contributed by atoms with E-state index in [0.717, 1.165) is 77.1 Å². The minimum Gasteiger partial charge on any atom is -0.378 e. The molecular weight excluding hydrogens is 336 g/mol. The average molecular weight is 360 g/mol. The Labute approximate surface area is 152 Å². The highest BCUT2D eigenvalue weighted by atomic mass is 32.1. The first-order chi connectivity index (χ1) is 12.4. The summed E-state index contributed by atoms with van der Waals surface area (Å²) in [6.07, 6.45) is 2.83. The van der Waals surface area contributed by atoms with Gasteiger partial charge in [-0.25, -0.2) is 15.0 Å². The molecule has 8 heteroatoms. The molecule has 0 saturated carbocycles. The number of nitrogens with zero attached hydrogens (tertiary/aromatic N) is 6. The van der Waals surface area contributed by atoms with Crippen molar-refractivity contribution in [3.63, 3.8) is 0 Å². The predicted molar refractivity (Wildman–Crippen MR) is 99.3 cm³/mol. The van der Waals surface area contributed by atoms with Gasteiger partial charge in [-0.05, 0) is 6.42 Å². The first kappa shape index (κ1) is 16.7. The number of anilines is 2. The molecule has 2 aliphatic heterocycles. The van der Waals surface area contributed by atoms with E-state index in [9.17, 15) is 0 Å². The van der Waals surface area contributed by atoms with Gasteiger partial charge in [-0.2, -0.15) is 0 Å². The Morgan fingerprint density at radius 1 is 0.920 bits per heavy atom. The van der Waals surface area contributed by atoms with Crippen LogP contribution in [0.4, 0.5) is 11.6 Å². The number of thiazole rings is 1. The quantitative estimate of drug-likeness (QED) is 0.818. The van der Waals surface area contributed by atoms with E-state index in [1.165, 1.54) is 5.69 Å². The molecular formula is C17H24N6OS. The molecule has 0 aromatic carbocycles. The normalized spacial score (nSPS) is 19.8. The third-order valence-corrected chi connectivity index (χ3v) is 5.39. The van der Waals surface area contributed by atoms with Crippen molar-refractivity contribution < 1.29 is 4.74 Å². The molecule has 2 aliphatic rings. The Kier molecular flexibility index (Phi) is 5.39. The summed E-state index contributed by atoms with van der Waals surface area (Å²) in [6.45, 7) is 8.46. The van der Waals surface area contributed by atoms with Crippen molar-refractivity contribution in [3.8, 4) is 0 Å². The third-order valence-electron chi connectivity index (χ3n) is 4.75. The third kappa shape index (κ3) is 4.26. The molecule has 134 valence electrons. The second kappa shape index (κ2) is 8.07. The van der Waals surface area contributed by atoms with Crippen molar-refractivity contribution in [2.45, 2.75) is 13.0 Å². The van der Waals surface area contributed by atoms with Gasteiger partial charge >= 0.3 is 0 Å². The zero-order chi connectivity index (χ0) is 16.9. The number of ether oxygens (including phenoxy) is 1. The maximum absolute atomic E-state index is 5.43. The molecule has 0 radical (unpaired) electrons. The molecule has 2 aromatic heterocycles. The highest BCUT2D eigenvalue weighted by Gasteiger charge is 2.19. The predicted octanol–water partition coefficient (Wildman–Crippen LogP) is 1.48. The lowest BCUT2D eigenvalue weighted by molar-refractivity contribution is 0.122. The lowest BCUT2D eigenvalue weighted by atomic mass is 10.3. The van der Waals surface area contributed by atoms with Gasteiger partial charge < -0.3 is 14.5 Å². The average Bonchev–Trinajstić information content (AvgIpc) is 3.07. The van der Waals surface area contributed by atoms with Gasteiger partial charge in [-0.15, -0.1) is 11.3 Å². The van der Waals surface area contributed by atoms with Crippen molar-refractivity contribution in [2.24, 2.45) is 0 Å². The Morgan fingerprint density at radius 3 is 2.48 bits per heavy atom. The Hall–Kier alpha value is -1.77. The maximum atomic E-state index is 5.43. The van der Waals surface area contributed by atoms with E-state index in [4.69, 9.17) is 4.74 Å². The lowest BCUT2D eigenvalue weighted by Gasteiger charge is -2.29. The largest absolute Gasteiger partial charge is 0.378 e.